The zero-order valence-electron chi connectivity index (χ0n) is 17.6. The van der Waals surface area contributed by atoms with Crippen LogP contribution >= 0.6 is 11.3 Å². The largest absolute Gasteiger partial charge is 0.503 e. The number of furan rings is 1. The molecule has 0 spiro atoms. The van der Waals surface area contributed by atoms with Crippen molar-refractivity contribution >= 4 is 23.0 Å². The van der Waals surface area contributed by atoms with Gasteiger partial charge in [0.2, 0.25) is 5.78 Å². The van der Waals surface area contributed by atoms with Gasteiger partial charge in [-0.3, -0.25) is 9.59 Å². The number of nitrogens with zero attached hydrogens (tertiary/aromatic N) is 2. The summed E-state index contributed by atoms with van der Waals surface area (Å²) in [5.74, 6) is 0.0414. The highest BCUT2D eigenvalue weighted by Gasteiger charge is 2.46. The number of hydrogen-bond donors (Lipinski definition) is 1. The van der Waals surface area contributed by atoms with Crippen molar-refractivity contribution in [1.29, 1.82) is 0 Å². The van der Waals surface area contributed by atoms with E-state index in [1.165, 1.54) is 16.2 Å². The number of ether oxygens (including phenoxy) is 1. The number of thiazole rings is 1. The molecule has 0 fully saturated rings. The summed E-state index contributed by atoms with van der Waals surface area (Å²) in [5, 5.41) is 11.5. The molecular formula is C23H22N2O5S. The van der Waals surface area contributed by atoms with E-state index in [4.69, 9.17) is 9.15 Å². The van der Waals surface area contributed by atoms with Crippen LogP contribution in [0.25, 0.3) is 0 Å². The second-order valence-electron chi connectivity index (χ2n) is 7.33. The Bertz CT molecular complexity index is 1210. The van der Waals surface area contributed by atoms with Crippen LogP contribution in [0.15, 0.2) is 52.1 Å². The summed E-state index contributed by atoms with van der Waals surface area (Å²) in [4.78, 5) is 32.7. The van der Waals surface area contributed by atoms with Crippen molar-refractivity contribution in [3.63, 3.8) is 0 Å². The lowest BCUT2D eigenvalue weighted by molar-refractivity contribution is -0.130. The normalized spacial score (nSPS) is 16.3. The molecule has 31 heavy (non-hydrogen) atoms. The Morgan fingerprint density at radius 3 is 2.58 bits per heavy atom. The van der Waals surface area contributed by atoms with Crippen LogP contribution in [-0.4, -0.2) is 33.8 Å². The second-order valence-corrected chi connectivity index (χ2v) is 8.54. The van der Waals surface area contributed by atoms with Crippen LogP contribution in [0.3, 0.4) is 0 Å². The van der Waals surface area contributed by atoms with Gasteiger partial charge in [-0.2, -0.15) is 0 Å². The van der Waals surface area contributed by atoms with Crippen molar-refractivity contribution < 1.29 is 23.8 Å². The molecule has 2 aromatic heterocycles. The Hall–Kier alpha value is -3.39. The molecule has 0 radical (unpaired) electrons. The minimum Gasteiger partial charge on any atom is -0.503 e. The maximum Gasteiger partial charge on any atom is 0.290 e. The predicted molar refractivity (Wildman–Crippen MR) is 115 cm³/mol. The fraction of sp³-hybridized carbons (Fsp3) is 0.261. The summed E-state index contributed by atoms with van der Waals surface area (Å²) < 4.78 is 11.2. The van der Waals surface area contributed by atoms with E-state index in [-0.39, 0.29) is 12.1 Å². The topological polar surface area (TPSA) is 92.9 Å². The first-order valence-corrected chi connectivity index (χ1v) is 10.5. The molecule has 0 saturated carbocycles. The number of carbonyl (C=O) groups is 2. The molecule has 1 amide bonds. The number of benzene rings is 1. The number of aliphatic hydroxyl groups excluding tert-OH is 1. The standard InChI is InChI=1S/C23H22N2O5S/c1-12-9-10-17(30-12)19-18(20(26)22-13(2)24-14(3)31-22)21(27)23(28)25(19)11-15-7-5-6-8-16(15)29-4/h5-10,19,27H,11H2,1-4H3. The average Bonchev–Trinajstić information content (AvgIpc) is 3.39. The molecule has 8 heteroatoms. The van der Waals surface area contributed by atoms with Crippen LogP contribution in [0.5, 0.6) is 5.75 Å². The monoisotopic (exact) mass is 438 g/mol. The Morgan fingerprint density at radius 2 is 1.97 bits per heavy atom. The Balaban J connectivity index is 1.81. The molecule has 1 aliphatic heterocycles. The van der Waals surface area contributed by atoms with Crippen molar-refractivity contribution in [2.24, 2.45) is 0 Å². The Morgan fingerprint density at radius 1 is 1.23 bits per heavy atom. The van der Waals surface area contributed by atoms with Gasteiger partial charge in [-0.1, -0.05) is 18.2 Å². The number of aromatic nitrogens is 1. The molecule has 1 unspecified atom stereocenters. The van der Waals surface area contributed by atoms with Gasteiger partial charge in [0.1, 0.15) is 23.3 Å². The molecule has 3 aromatic rings. The number of rotatable bonds is 6. The van der Waals surface area contributed by atoms with Crippen molar-refractivity contribution in [1.82, 2.24) is 9.88 Å². The smallest absolute Gasteiger partial charge is 0.290 e. The van der Waals surface area contributed by atoms with Crippen LogP contribution in [0.2, 0.25) is 0 Å². The van der Waals surface area contributed by atoms with E-state index in [0.29, 0.717) is 27.8 Å². The number of Topliss-reactive ketones (excluding diaryl/α,β-unsaturated/α-hetero) is 1. The van der Waals surface area contributed by atoms with Crippen LogP contribution < -0.4 is 4.74 Å². The zero-order chi connectivity index (χ0) is 22.3. The van der Waals surface area contributed by atoms with Crippen LogP contribution in [0.1, 0.15) is 43.5 Å². The zero-order valence-corrected chi connectivity index (χ0v) is 18.4. The highest BCUT2D eigenvalue weighted by atomic mass is 32.1. The van der Waals surface area contributed by atoms with Gasteiger partial charge in [0, 0.05) is 5.56 Å². The van der Waals surface area contributed by atoms with E-state index in [2.05, 4.69) is 4.98 Å². The van der Waals surface area contributed by atoms with E-state index < -0.39 is 23.5 Å². The van der Waals surface area contributed by atoms with Crippen LogP contribution in [0, 0.1) is 20.8 Å². The number of aliphatic hydroxyl groups is 1. The molecule has 0 saturated heterocycles. The molecule has 160 valence electrons. The maximum atomic E-state index is 13.5. The number of aryl methyl sites for hydroxylation is 3. The average molecular weight is 439 g/mol. The fourth-order valence-corrected chi connectivity index (χ4v) is 4.70. The summed E-state index contributed by atoms with van der Waals surface area (Å²) in [6.45, 7) is 5.47. The molecule has 4 rings (SSSR count). The molecule has 1 aliphatic rings. The van der Waals surface area contributed by atoms with Crippen molar-refractivity contribution in [2.45, 2.75) is 33.4 Å². The number of ketones is 1. The SMILES string of the molecule is COc1ccccc1CN1C(=O)C(O)=C(C(=O)c2sc(C)nc2C)C1c1ccc(C)o1. The minimum absolute atomic E-state index is 0.000924. The number of hydrogen-bond acceptors (Lipinski definition) is 7. The van der Waals surface area contributed by atoms with E-state index in [9.17, 15) is 14.7 Å². The van der Waals surface area contributed by atoms with E-state index in [1.807, 2.05) is 25.1 Å². The van der Waals surface area contributed by atoms with E-state index >= 15 is 0 Å². The lowest BCUT2D eigenvalue weighted by Crippen LogP contribution is -2.30. The van der Waals surface area contributed by atoms with Gasteiger partial charge >= 0.3 is 0 Å². The number of carbonyl (C=O) groups excluding carboxylic acids is 2. The van der Waals surface area contributed by atoms with Gasteiger partial charge in [0.15, 0.2) is 5.76 Å². The third-order valence-electron chi connectivity index (χ3n) is 5.22. The Kier molecular flexibility index (Phi) is 5.41. The van der Waals surface area contributed by atoms with Gasteiger partial charge < -0.3 is 19.2 Å². The molecule has 3 heterocycles. The van der Waals surface area contributed by atoms with Crippen molar-refractivity contribution in [3.8, 4) is 5.75 Å². The molecule has 1 N–H and O–H groups in total. The van der Waals surface area contributed by atoms with E-state index in [1.54, 1.807) is 39.2 Å². The van der Waals surface area contributed by atoms with Crippen molar-refractivity contribution in [3.05, 3.63) is 80.4 Å². The van der Waals surface area contributed by atoms with Crippen LogP contribution in [0.4, 0.5) is 0 Å². The van der Waals surface area contributed by atoms with E-state index in [0.717, 1.165) is 10.6 Å². The highest BCUT2D eigenvalue weighted by molar-refractivity contribution is 7.14. The maximum absolute atomic E-state index is 13.5. The molecule has 1 aromatic carbocycles. The summed E-state index contributed by atoms with van der Waals surface area (Å²) in [7, 11) is 1.55. The van der Waals surface area contributed by atoms with Crippen molar-refractivity contribution in [2.75, 3.05) is 7.11 Å². The first kappa shape index (κ1) is 20.9. The summed E-state index contributed by atoms with van der Waals surface area (Å²) in [6.07, 6.45) is 0. The Labute approximate surface area is 183 Å². The fourth-order valence-electron chi connectivity index (χ4n) is 3.83. The summed E-state index contributed by atoms with van der Waals surface area (Å²) in [6, 6.07) is 9.93. The van der Waals surface area contributed by atoms with Crippen LogP contribution in [-0.2, 0) is 11.3 Å². The molecular weight excluding hydrogens is 416 g/mol. The quantitative estimate of drug-likeness (QED) is 0.572. The lowest BCUT2D eigenvalue weighted by atomic mass is 9.99. The second kappa shape index (κ2) is 8.03. The number of para-hydroxylation sites is 1. The third kappa shape index (κ3) is 3.63. The van der Waals surface area contributed by atoms with Gasteiger partial charge in [-0.25, -0.2) is 4.98 Å². The minimum atomic E-state index is -0.861. The van der Waals surface area contributed by atoms with Gasteiger partial charge in [-0.15, -0.1) is 11.3 Å². The number of methoxy groups -OCH3 is 1. The molecule has 7 nitrogen and oxygen atoms in total. The molecule has 1 atom stereocenters. The van der Waals surface area contributed by atoms with Gasteiger partial charge in [0.25, 0.3) is 5.91 Å². The first-order valence-electron chi connectivity index (χ1n) is 9.72. The molecule has 0 aliphatic carbocycles. The predicted octanol–water partition coefficient (Wildman–Crippen LogP) is 4.45. The highest BCUT2D eigenvalue weighted by Crippen LogP contribution is 2.42. The lowest BCUT2D eigenvalue weighted by Gasteiger charge is -2.25. The van der Waals surface area contributed by atoms with Gasteiger partial charge in [-0.05, 0) is 39.0 Å². The summed E-state index contributed by atoms with van der Waals surface area (Å²) in [5.41, 5.74) is 1.32. The number of amides is 1. The first-order chi connectivity index (χ1) is 14.8. The third-order valence-corrected chi connectivity index (χ3v) is 6.29. The summed E-state index contributed by atoms with van der Waals surface area (Å²) >= 11 is 1.24. The van der Waals surface area contributed by atoms with Gasteiger partial charge in [0.05, 0.1) is 34.8 Å². The molecule has 0 bridgehead atoms.